The van der Waals surface area contributed by atoms with Crippen molar-refractivity contribution < 1.29 is 9.53 Å². The Kier molecular flexibility index (Phi) is 4.12. The lowest BCUT2D eigenvalue weighted by Crippen LogP contribution is -2.04. The molecule has 0 saturated carbocycles. The third kappa shape index (κ3) is 3.25. The standard InChI is InChI=1S/C10H11ClN2O2/c1-7(14)10(11)13-12-8-5-3-4-6-9(8)15-2/h3-6,12H,1-2H3/b13-10-. The van der Waals surface area contributed by atoms with Crippen LogP contribution in [-0.2, 0) is 4.79 Å². The van der Waals surface area contributed by atoms with Gasteiger partial charge in [-0.2, -0.15) is 5.10 Å². The van der Waals surface area contributed by atoms with Gasteiger partial charge < -0.3 is 4.74 Å². The van der Waals surface area contributed by atoms with Crippen LogP contribution in [0, 0.1) is 0 Å². The number of anilines is 1. The lowest BCUT2D eigenvalue weighted by molar-refractivity contribution is -0.110. The van der Waals surface area contributed by atoms with Crippen LogP contribution in [0.1, 0.15) is 6.92 Å². The first kappa shape index (κ1) is 11.5. The second-order valence-corrected chi connectivity index (χ2v) is 3.13. The Balaban J connectivity index is 2.81. The molecule has 0 aliphatic heterocycles. The van der Waals surface area contributed by atoms with Gasteiger partial charge in [0.2, 0.25) is 0 Å². The number of ether oxygens (including phenoxy) is 1. The molecule has 0 saturated heterocycles. The van der Waals surface area contributed by atoms with E-state index < -0.39 is 0 Å². The average Bonchev–Trinajstić information content (AvgIpc) is 2.26. The number of nitrogens with zero attached hydrogens (tertiary/aromatic N) is 1. The van der Waals surface area contributed by atoms with E-state index in [4.69, 9.17) is 16.3 Å². The van der Waals surface area contributed by atoms with Gasteiger partial charge in [0, 0.05) is 6.92 Å². The molecule has 0 heterocycles. The van der Waals surface area contributed by atoms with Crippen molar-refractivity contribution in [2.45, 2.75) is 6.92 Å². The van der Waals surface area contributed by atoms with E-state index in [1.54, 1.807) is 19.2 Å². The van der Waals surface area contributed by atoms with Gasteiger partial charge in [-0.3, -0.25) is 10.2 Å². The maximum Gasteiger partial charge on any atom is 0.191 e. The molecule has 0 atom stereocenters. The van der Waals surface area contributed by atoms with E-state index >= 15 is 0 Å². The number of para-hydroxylation sites is 2. The predicted octanol–water partition coefficient (Wildman–Crippen LogP) is 2.25. The van der Waals surface area contributed by atoms with Crippen LogP contribution >= 0.6 is 11.6 Å². The van der Waals surface area contributed by atoms with E-state index in [1.807, 2.05) is 12.1 Å². The molecule has 0 aromatic heterocycles. The normalized spacial score (nSPS) is 11.0. The van der Waals surface area contributed by atoms with Crippen molar-refractivity contribution in [1.82, 2.24) is 0 Å². The Morgan fingerprint density at radius 2 is 2.13 bits per heavy atom. The number of hydrazone groups is 1. The van der Waals surface area contributed by atoms with Gasteiger partial charge in [0.15, 0.2) is 11.0 Å². The smallest absolute Gasteiger partial charge is 0.191 e. The van der Waals surface area contributed by atoms with E-state index in [1.165, 1.54) is 6.92 Å². The highest BCUT2D eigenvalue weighted by Crippen LogP contribution is 2.22. The lowest BCUT2D eigenvalue weighted by Gasteiger charge is -2.06. The number of benzene rings is 1. The molecule has 15 heavy (non-hydrogen) atoms. The minimum atomic E-state index is -0.293. The van der Waals surface area contributed by atoms with E-state index in [0.29, 0.717) is 11.4 Å². The Bertz CT molecular complexity index is 391. The number of halogens is 1. The second-order valence-electron chi connectivity index (χ2n) is 2.77. The zero-order chi connectivity index (χ0) is 11.3. The molecule has 1 aromatic rings. The highest BCUT2D eigenvalue weighted by molar-refractivity contribution is 6.82. The van der Waals surface area contributed by atoms with Crippen molar-refractivity contribution in [3.63, 3.8) is 0 Å². The fourth-order valence-electron chi connectivity index (χ4n) is 0.925. The molecule has 0 aliphatic carbocycles. The molecule has 0 amide bonds. The molecule has 0 fully saturated rings. The van der Waals surface area contributed by atoms with Crippen molar-refractivity contribution in [1.29, 1.82) is 0 Å². The molecule has 5 heteroatoms. The Labute approximate surface area is 92.9 Å². The number of ketones is 1. The Morgan fingerprint density at radius 3 is 2.73 bits per heavy atom. The first-order valence-corrected chi connectivity index (χ1v) is 4.66. The average molecular weight is 227 g/mol. The molecular weight excluding hydrogens is 216 g/mol. The summed E-state index contributed by atoms with van der Waals surface area (Å²) in [4.78, 5) is 10.8. The summed E-state index contributed by atoms with van der Waals surface area (Å²) in [5, 5.41) is 3.61. The van der Waals surface area contributed by atoms with Gasteiger partial charge in [0.25, 0.3) is 0 Å². The summed E-state index contributed by atoms with van der Waals surface area (Å²) in [5.41, 5.74) is 3.31. The Morgan fingerprint density at radius 1 is 1.47 bits per heavy atom. The van der Waals surface area contributed by atoms with Crippen LogP contribution in [0.2, 0.25) is 0 Å². The van der Waals surface area contributed by atoms with Crippen LogP contribution in [0.5, 0.6) is 5.75 Å². The van der Waals surface area contributed by atoms with Crippen LogP contribution in [0.25, 0.3) is 0 Å². The summed E-state index contributed by atoms with van der Waals surface area (Å²) in [6, 6.07) is 7.20. The van der Waals surface area contributed by atoms with E-state index in [2.05, 4.69) is 10.5 Å². The van der Waals surface area contributed by atoms with Crippen molar-refractivity contribution in [2.75, 3.05) is 12.5 Å². The van der Waals surface area contributed by atoms with Crippen LogP contribution in [0.3, 0.4) is 0 Å². The van der Waals surface area contributed by atoms with Crippen LogP contribution in [0.15, 0.2) is 29.4 Å². The largest absolute Gasteiger partial charge is 0.495 e. The number of hydrogen-bond donors (Lipinski definition) is 1. The summed E-state index contributed by atoms with van der Waals surface area (Å²) < 4.78 is 5.08. The number of rotatable bonds is 4. The molecule has 1 N–H and O–H groups in total. The number of carbonyl (C=O) groups excluding carboxylic acids is 1. The predicted molar refractivity (Wildman–Crippen MR) is 60.6 cm³/mol. The first-order valence-electron chi connectivity index (χ1n) is 4.28. The highest BCUT2D eigenvalue weighted by Gasteiger charge is 2.02. The van der Waals surface area contributed by atoms with E-state index in [0.717, 1.165) is 0 Å². The Hall–Kier alpha value is -1.55. The van der Waals surface area contributed by atoms with Crippen molar-refractivity contribution >= 4 is 28.2 Å². The van der Waals surface area contributed by atoms with E-state index in [-0.39, 0.29) is 11.0 Å². The molecule has 0 aliphatic rings. The number of hydrogen-bond acceptors (Lipinski definition) is 4. The fraction of sp³-hybridized carbons (Fsp3) is 0.200. The third-order valence-electron chi connectivity index (χ3n) is 1.67. The fourth-order valence-corrected chi connectivity index (χ4v) is 0.967. The van der Waals surface area contributed by atoms with Crippen molar-refractivity contribution in [2.24, 2.45) is 5.10 Å². The lowest BCUT2D eigenvalue weighted by atomic mass is 10.3. The number of methoxy groups -OCH3 is 1. The minimum absolute atomic E-state index is 0.0964. The van der Waals surface area contributed by atoms with Gasteiger partial charge in [-0.25, -0.2) is 0 Å². The summed E-state index contributed by atoms with van der Waals surface area (Å²) in [7, 11) is 1.55. The molecular formula is C10H11ClN2O2. The van der Waals surface area contributed by atoms with E-state index in [9.17, 15) is 4.79 Å². The van der Waals surface area contributed by atoms with Crippen LogP contribution < -0.4 is 10.2 Å². The second kappa shape index (κ2) is 5.36. The van der Waals surface area contributed by atoms with Crippen molar-refractivity contribution in [3.05, 3.63) is 24.3 Å². The highest BCUT2D eigenvalue weighted by atomic mass is 35.5. The monoisotopic (exact) mass is 226 g/mol. The van der Waals surface area contributed by atoms with Gasteiger partial charge in [0.1, 0.15) is 5.75 Å². The molecule has 0 bridgehead atoms. The summed E-state index contributed by atoms with van der Waals surface area (Å²) in [6.07, 6.45) is 0. The molecule has 4 nitrogen and oxygen atoms in total. The molecule has 1 rings (SSSR count). The number of nitrogens with one attached hydrogen (secondary N) is 1. The maximum absolute atomic E-state index is 10.8. The van der Waals surface area contributed by atoms with Gasteiger partial charge in [-0.15, -0.1) is 0 Å². The molecule has 80 valence electrons. The van der Waals surface area contributed by atoms with Crippen LogP contribution in [-0.4, -0.2) is 18.1 Å². The molecule has 0 unspecified atom stereocenters. The van der Waals surface area contributed by atoms with Gasteiger partial charge in [-0.1, -0.05) is 23.7 Å². The first-order chi connectivity index (χ1) is 7.15. The quantitative estimate of drug-likeness (QED) is 0.633. The van der Waals surface area contributed by atoms with Crippen molar-refractivity contribution in [3.8, 4) is 5.75 Å². The van der Waals surface area contributed by atoms with Gasteiger partial charge in [-0.05, 0) is 12.1 Å². The molecule has 0 radical (unpaired) electrons. The third-order valence-corrected chi connectivity index (χ3v) is 2.02. The minimum Gasteiger partial charge on any atom is -0.495 e. The van der Waals surface area contributed by atoms with Gasteiger partial charge >= 0.3 is 0 Å². The molecule has 0 spiro atoms. The summed E-state index contributed by atoms with van der Waals surface area (Å²) in [6.45, 7) is 1.34. The summed E-state index contributed by atoms with van der Waals surface area (Å²) in [5.74, 6) is 0.341. The van der Waals surface area contributed by atoms with Gasteiger partial charge in [0.05, 0.1) is 12.8 Å². The zero-order valence-corrected chi connectivity index (χ0v) is 9.21. The maximum atomic E-state index is 10.8. The number of Topliss-reactive ketones (excluding diaryl/α,β-unsaturated/α-hetero) is 1. The summed E-state index contributed by atoms with van der Waals surface area (Å²) >= 11 is 5.56. The SMILES string of the molecule is COc1ccccc1N/N=C(\Cl)C(C)=O. The molecule has 1 aromatic carbocycles. The zero-order valence-electron chi connectivity index (χ0n) is 8.45. The topological polar surface area (TPSA) is 50.7 Å². The van der Waals surface area contributed by atoms with Crippen LogP contribution in [0.4, 0.5) is 5.69 Å². The number of carbonyl (C=O) groups is 1.